The molecule has 0 bridgehead atoms. The van der Waals surface area contributed by atoms with Gasteiger partial charge in [-0.05, 0) is 43.9 Å². The first-order valence-corrected chi connectivity index (χ1v) is 9.90. The van der Waals surface area contributed by atoms with Crippen molar-refractivity contribution < 1.29 is 14.3 Å². The van der Waals surface area contributed by atoms with Crippen molar-refractivity contribution in [2.24, 2.45) is 0 Å². The minimum absolute atomic E-state index is 0.0505. The molecule has 7 heteroatoms. The Hall–Kier alpha value is -2.83. The van der Waals surface area contributed by atoms with E-state index in [4.69, 9.17) is 4.74 Å². The second kappa shape index (κ2) is 7.54. The molecular formula is C22H30N4O3. The molecule has 0 saturated carbocycles. The number of ether oxygens (including phenoxy) is 1. The number of hydrogen-bond donors (Lipinski definition) is 2. The standard InChI is InChI=1S/C22H30N4O3/c1-21(2,3)14-7-9-15(10-8-14)23-19(27)18-16-13-26(12-11-17(16)24-25-18)20(28)29-22(4,5)6/h7-10H,11-13H2,1-6H3,(H,23,27)(H,24,25). The van der Waals surface area contributed by atoms with E-state index in [9.17, 15) is 9.59 Å². The van der Waals surface area contributed by atoms with Gasteiger partial charge in [0.05, 0.1) is 6.54 Å². The minimum atomic E-state index is -0.562. The third-order valence-electron chi connectivity index (χ3n) is 4.81. The Labute approximate surface area is 171 Å². The van der Waals surface area contributed by atoms with Gasteiger partial charge >= 0.3 is 6.09 Å². The number of amides is 2. The van der Waals surface area contributed by atoms with Crippen molar-refractivity contribution in [3.05, 3.63) is 46.8 Å². The van der Waals surface area contributed by atoms with Crippen molar-refractivity contribution in [1.82, 2.24) is 15.1 Å². The number of aromatic amines is 1. The molecule has 29 heavy (non-hydrogen) atoms. The van der Waals surface area contributed by atoms with Gasteiger partial charge in [-0.2, -0.15) is 5.10 Å². The first-order valence-electron chi connectivity index (χ1n) is 9.90. The Morgan fingerprint density at radius 2 is 1.76 bits per heavy atom. The first kappa shape index (κ1) is 20.9. The van der Waals surface area contributed by atoms with Gasteiger partial charge in [0.25, 0.3) is 5.91 Å². The fraction of sp³-hybridized carbons (Fsp3) is 0.500. The molecular weight excluding hydrogens is 368 g/mol. The number of rotatable bonds is 2. The van der Waals surface area contributed by atoms with Crippen LogP contribution in [0.5, 0.6) is 0 Å². The number of H-pyrrole nitrogens is 1. The Morgan fingerprint density at radius 3 is 2.34 bits per heavy atom. The Bertz CT molecular complexity index is 902. The lowest BCUT2D eigenvalue weighted by molar-refractivity contribution is 0.0222. The SMILES string of the molecule is CC(C)(C)OC(=O)N1CCc2[nH]nc(C(=O)Nc3ccc(C(C)(C)C)cc3)c2C1. The van der Waals surface area contributed by atoms with Crippen LogP contribution in [0.4, 0.5) is 10.5 Å². The predicted molar refractivity (Wildman–Crippen MR) is 112 cm³/mol. The minimum Gasteiger partial charge on any atom is -0.444 e. The van der Waals surface area contributed by atoms with E-state index in [2.05, 4.69) is 36.3 Å². The summed E-state index contributed by atoms with van der Waals surface area (Å²) in [6.45, 7) is 12.8. The average Bonchev–Trinajstić information content (AvgIpc) is 3.03. The number of benzene rings is 1. The van der Waals surface area contributed by atoms with Crippen LogP contribution in [0, 0.1) is 0 Å². The molecule has 2 aromatic rings. The number of anilines is 1. The van der Waals surface area contributed by atoms with Crippen molar-refractivity contribution in [3.63, 3.8) is 0 Å². The van der Waals surface area contributed by atoms with Crippen LogP contribution in [0.1, 0.15) is 68.9 Å². The summed E-state index contributed by atoms with van der Waals surface area (Å²) in [6, 6.07) is 7.81. The molecule has 0 saturated heterocycles. The van der Waals surface area contributed by atoms with Crippen LogP contribution in [-0.2, 0) is 23.1 Å². The summed E-state index contributed by atoms with van der Waals surface area (Å²) in [5.74, 6) is -0.294. The largest absolute Gasteiger partial charge is 0.444 e. The predicted octanol–water partition coefficient (Wildman–Crippen LogP) is 4.25. The van der Waals surface area contributed by atoms with E-state index in [1.165, 1.54) is 5.56 Å². The van der Waals surface area contributed by atoms with Gasteiger partial charge in [-0.3, -0.25) is 9.89 Å². The summed E-state index contributed by atoms with van der Waals surface area (Å²) >= 11 is 0. The highest BCUT2D eigenvalue weighted by molar-refractivity contribution is 6.04. The van der Waals surface area contributed by atoms with Crippen molar-refractivity contribution in [2.75, 3.05) is 11.9 Å². The molecule has 0 fully saturated rings. The summed E-state index contributed by atoms with van der Waals surface area (Å²) < 4.78 is 5.46. The molecule has 2 amide bonds. The molecule has 1 aromatic heterocycles. The zero-order chi connectivity index (χ0) is 21.4. The number of fused-ring (bicyclic) bond motifs is 1. The molecule has 3 rings (SSSR count). The molecule has 1 aliphatic heterocycles. The molecule has 7 nitrogen and oxygen atoms in total. The first-order chi connectivity index (χ1) is 13.4. The van der Waals surface area contributed by atoms with E-state index < -0.39 is 5.60 Å². The van der Waals surface area contributed by atoms with Crippen LogP contribution in [0.25, 0.3) is 0 Å². The lowest BCUT2D eigenvalue weighted by Gasteiger charge is -2.30. The van der Waals surface area contributed by atoms with Gasteiger partial charge < -0.3 is 15.0 Å². The van der Waals surface area contributed by atoms with Gasteiger partial charge in [0.15, 0.2) is 5.69 Å². The summed E-state index contributed by atoms with van der Waals surface area (Å²) in [5.41, 5.74) is 3.33. The molecule has 1 aromatic carbocycles. The smallest absolute Gasteiger partial charge is 0.410 e. The highest BCUT2D eigenvalue weighted by Crippen LogP contribution is 2.25. The highest BCUT2D eigenvalue weighted by atomic mass is 16.6. The average molecular weight is 399 g/mol. The molecule has 0 aliphatic carbocycles. The van der Waals surface area contributed by atoms with Crippen LogP contribution in [0.3, 0.4) is 0 Å². The third-order valence-corrected chi connectivity index (χ3v) is 4.81. The molecule has 156 valence electrons. The molecule has 0 atom stereocenters. The van der Waals surface area contributed by atoms with E-state index in [0.717, 1.165) is 11.3 Å². The quantitative estimate of drug-likeness (QED) is 0.791. The zero-order valence-corrected chi connectivity index (χ0v) is 18.0. The van der Waals surface area contributed by atoms with Crippen LogP contribution >= 0.6 is 0 Å². The van der Waals surface area contributed by atoms with Crippen LogP contribution in [0.2, 0.25) is 0 Å². The third kappa shape index (κ3) is 4.96. The van der Waals surface area contributed by atoms with Gasteiger partial charge in [-0.15, -0.1) is 0 Å². The number of aromatic nitrogens is 2. The molecule has 0 unspecified atom stereocenters. The number of hydrogen-bond acceptors (Lipinski definition) is 4. The number of carbonyl (C=O) groups excluding carboxylic acids is 2. The van der Waals surface area contributed by atoms with Crippen molar-refractivity contribution in [3.8, 4) is 0 Å². The summed E-state index contributed by atoms with van der Waals surface area (Å²) in [5, 5.41) is 10.0. The second-order valence-electron chi connectivity index (χ2n) is 9.46. The lowest BCUT2D eigenvalue weighted by Crippen LogP contribution is -2.40. The molecule has 0 spiro atoms. The van der Waals surface area contributed by atoms with Gasteiger partial charge in [0, 0.05) is 29.9 Å². The van der Waals surface area contributed by atoms with E-state index >= 15 is 0 Å². The van der Waals surface area contributed by atoms with Crippen molar-refractivity contribution in [1.29, 1.82) is 0 Å². The summed E-state index contributed by atoms with van der Waals surface area (Å²) in [6.07, 6.45) is 0.225. The lowest BCUT2D eigenvalue weighted by atomic mass is 9.87. The zero-order valence-electron chi connectivity index (χ0n) is 18.0. The maximum absolute atomic E-state index is 12.8. The van der Waals surface area contributed by atoms with Gasteiger partial charge in [-0.25, -0.2) is 4.79 Å². The fourth-order valence-corrected chi connectivity index (χ4v) is 3.21. The normalized spacial score (nSPS) is 14.3. The maximum atomic E-state index is 12.8. The highest BCUT2D eigenvalue weighted by Gasteiger charge is 2.30. The van der Waals surface area contributed by atoms with Gasteiger partial charge in [0.1, 0.15) is 5.60 Å². The van der Waals surface area contributed by atoms with E-state index in [1.807, 2.05) is 45.0 Å². The van der Waals surface area contributed by atoms with Gasteiger partial charge in [0.2, 0.25) is 0 Å². The molecule has 1 aliphatic rings. The van der Waals surface area contributed by atoms with Crippen molar-refractivity contribution in [2.45, 2.75) is 65.5 Å². The van der Waals surface area contributed by atoms with Crippen LogP contribution in [-0.4, -0.2) is 39.2 Å². The number of nitrogens with one attached hydrogen (secondary N) is 2. The fourth-order valence-electron chi connectivity index (χ4n) is 3.21. The summed E-state index contributed by atoms with van der Waals surface area (Å²) in [7, 11) is 0. The van der Waals surface area contributed by atoms with Crippen molar-refractivity contribution >= 4 is 17.7 Å². The molecule has 2 N–H and O–H groups in total. The topological polar surface area (TPSA) is 87.3 Å². The number of carbonyl (C=O) groups is 2. The van der Waals surface area contributed by atoms with Crippen LogP contribution < -0.4 is 5.32 Å². The van der Waals surface area contributed by atoms with E-state index in [1.54, 1.807) is 4.90 Å². The Balaban J connectivity index is 1.72. The van der Waals surface area contributed by atoms with Crippen LogP contribution in [0.15, 0.2) is 24.3 Å². The van der Waals surface area contributed by atoms with Gasteiger partial charge in [-0.1, -0.05) is 32.9 Å². The van der Waals surface area contributed by atoms with E-state index in [-0.39, 0.29) is 17.4 Å². The monoisotopic (exact) mass is 398 g/mol. The molecule has 0 radical (unpaired) electrons. The second-order valence-corrected chi connectivity index (χ2v) is 9.46. The Kier molecular flexibility index (Phi) is 5.43. The molecule has 2 heterocycles. The summed E-state index contributed by atoms with van der Waals surface area (Å²) in [4.78, 5) is 26.8. The van der Waals surface area contributed by atoms with E-state index in [0.29, 0.717) is 30.9 Å². The number of nitrogens with zero attached hydrogens (tertiary/aromatic N) is 2. The maximum Gasteiger partial charge on any atom is 0.410 e. The Morgan fingerprint density at radius 1 is 1.10 bits per heavy atom.